The fourth-order valence-electron chi connectivity index (χ4n) is 2.90. The highest BCUT2D eigenvalue weighted by Crippen LogP contribution is 2.22. The normalized spacial score (nSPS) is 29.6. The molecule has 1 heterocycles. The first-order chi connectivity index (χ1) is 12.0. The molecule has 3 N–H and O–H groups in total. The van der Waals surface area contributed by atoms with Crippen molar-refractivity contribution in [3.8, 4) is 0 Å². The summed E-state index contributed by atoms with van der Waals surface area (Å²) in [4.78, 5) is 11.8. The molecule has 0 aromatic rings. The topological polar surface area (TPSA) is 105 Å². The van der Waals surface area contributed by atoms with Gasteiger partial charge in [-0.2, -0.15) is 0 Å². The standard InChI is InChI=1S/C18H34O7/c1-3-4-5-6-7-8-9-10-11-14(19)24-12-13-15(20)16(21)17(22)18(23-2)25-13/h13,15-18,20-22H,3-12H2,1-2H3/t13-,15-,16+,17-,18?/m1/s1. The number of ether oxygens (including phenoxy) is 3. The van der Waals surface area contributed by atoms with E-state index in [0.717, 1.165) is 19.3 Å². The number of esters is 1. The Balaban J connectivity index is 2.14. The molecule has 1 unspecified atom stereocenters. The number of carbonyl (C=O) groups is 1. The van der Waals surface area contributed by atoms with Gasteiger partial charge in [0.1, 0.15) is 31.0 Å². The molecular formula is C18H34O7. The molecule has 0 saturated carbocycles. The molecule has 7 heteroatoms. The SMILES string of the molecule is CCCCCCCCCCC(=O)OC[C@H]1OC(OC)[C@H](O)[C@@H](O)[C@@H]1O. The van der Waals surface area contributed by atoms with Crippen molar-refractivity contribution < 1.29 is 34.3 Å². The lowest BCUT2D eigenvalue weighted by Crippen LogP contribution is -2.59. The van der Waals surface area contributed by atoms with Crippen LogP contribution in [0.1, 0.15) is 64.7 Å². The predicted molar refractivity (Wildman–Crippen MR) is 91.9 cm³/mol. The summed E-state index contributed by atoms with van der Waals surface area (Å²) in [5.74, 6) is -0.351. The molecule has 1 aliphatic heterocycles. The molecule has 1 aliphatic rings. The highest BCUT2D eigenvalue weighted by atomic mass is 16.7. The average molecular weight is 362 g/mol. The lowest BCUT2D eigenvalue weighted by Gasteiger charge is -2.39. The number of hydrogen-bond donors (Lipinski definition) is 3. The third kappa shape index (κ3) is 8.00. The van der Waals surface area contributed by atoms with Crippen molar-refractivity contribution in [1.29, 1.82) is 0 Å². The van der Waals surface area contributed by atoms with Gasteiger partial charge in [0.05, 0.1) is 0 Å². The number of unbranched alkanes of at least 4 members (excludes halogenated alkanes) is 7. The Morgan fingerprint density at radius 2 is 1.52 bits per heavy atom. The fraction of sp³-hybridized carbons (Fsp3) is 0.944. The van der Waals surface area contributed by atoms with Gasteiger partial charge < -0.3 is 29.5 Å². The molecule has 1 rings (SSSR count). The van der Waals surface area contributed by atoms with E-state index in [1.165, 1.54) is 39.2 Å². The van der Waals surface area contributed by atoms with Gasteiger partial charge in [-0.1, -0.05) is 51.9 Å². The Hall–Kier alpha value is -0.730. The second-order valence-electron chi connectivity index (χ2n) is 6.66. The van der Waals surface area contributed by atoms with Crippen LogP contribution in [0.15, 0.2) is 0 Å². The molecule has 1 saturated heterocycles. The second kappa shape index (κ2) is 12.6. The van der Waals surface area contributed by atoms with Gasteiger partial charge in [-0.3, -0.25) is 4.79 Å². The Bertz CT molecular complexity index is 361. The summed E-state index contributed by atoms with van der Waals surface area (Å²) in [5, 5.41) is 29.3. The van der Waals surface area contributed by atoms with Crippen molar-refractivity contribution in [2.45, 2.75) is 95.4 Å². The number of carbonyl (C=O) groups excluding carboxylic acids is 1. The molecule has 0 amide bonds. The summed E-state index contributed by atoms with van der Waals surface area (Å²) in [6.45, 7) is 2.02. The van der Waals surface area contributed by atoms with Crippen molar-refractivity contribution in [3.05, 3.63) is 0 Å². The first-order valence-corrected chi connectivity index (χ1v) is 9.39. The molecule has 148 valence electrons. The van der Waals surface area contributed by atoms with Crippen LogP contribution in [0.3, 0.4) is 0 Å². The smallest absolute Gasteiger partial charge is 0.305 e. The molecular weight excluding hydrogens is 328 g/mol. The van der Waals surface area contributed by atoms with E-state index in [1.807, 2.05) is 0 Å². The summed E-state index contributed by atoms with van der Waals surface area (Å²) in [7, 11) is 1.32. The molecule has 0 aromatic heterocycles. The molecule has 0 radical (unpaired) electrons. The largest absolute Gasteiger partial charge is 0.463 e. The number of hydrogen-bond acceptors (Lipinski definition) is 7. The maximum atomic E-state index is 11.8. The van der Waals surface area contributed by atoms with Crippen molar-refractivity contribution in [1.82, 2.24) is 0 Å². The van der Waals surface area contributed by atoms with E-state index in [2.05, 4.69) is 6.92 Å². The monoisotopic (exact) mass is 362 g/mol. The highest BCUT2D eigenvalue weighted by Gasteiger charge is 2.44. The Morgan fingerprint density at radius 1 is 0.920 bits per heavy atom. The lowest BCUT2D eigenvalue weighted by molar-refractivity contribution is -0.295. The Kier molecular flexibility index (Phi) is 11.2. The van der Waals surface area contributed by atoms with Gasteiger partial charge in [0.2, 0.25) is 0 Å². The van der Waals surface area contributed by atoms with E-state index in [9.17, 15) is 20.1 Å². The summed E-state index contributed by atoms with van der Waals surface area (Å²) < 4.78 is 15.3. The Labute approximate surface area is 150 Å². The van der Waals surface area contributed by atoms with E-state index in [0.29, 0.717) is 6.42 Å². The van der Waals surface area contributed by atoms with Gasteiger partial charge in [-0.25, -0.2) is 0 Å². The van der Waals surface area contributed by atoms with E-state index in [-0.39, 0.29) is 12.6 Å². The average Bonchev–Trinajstić information content (AvgIpc) is 2.61. The third-order valence-electron chi connectivity index (χ3n) is 4.54. The number of rotatable bonds is 12. The summed E-state index contributed by atoms with van der Waals surface area (Å²) >= 11 is 0. The third-order valence-corrected chi connectivity index (χ3v) is 4.54. The van der Waals surface area contributed by atoms with Crippen molar-refractivity contribution in [2.24, 2.45) is 0 Å². The van der Waals surface area contributed by atoms with Crippen LogP contribution in [0.4, 0.5) is 0 Å². The lowest BCUT2D eigenvalue weighted by atomic mass is 9.99. The summed E-state index contributed by atoms with van der Waals surface area (Å²) in [6.07, 6.45) is 3.44. The fourth-order valence-corrected chi connectivity index (χ4v) is 2.90. The summed E-state index contributed by atoms with van der Waals surface area (Å²) in [6, 6.07) is 0. The Morgan fingerprint density at radius 3 is 2.12 bits per heavy atom. The minimum Gasteiger partial charge on any atom is -0.463 e. The minimum absolute atomic E-state index is 0.180. The molecule has 0 bridgehead atoms. The van der Waals surface area contributed by atoms with Gasteiger partial charge in [0.25, 0.3) is 0 Å². The minimum atomic E-state index is -1.41. The van der Waals surface area contributed by atoms with Gasteiger partial charge >= 0.3 is 5.97 Å². The zero-order valence-electron chi connectivity index (χ0n) is 15.4. The molecule has 25 heavy (non-hydrogen) atoms. The van der Waals surface area contributed by atoms with Crippen LogP contribution in [0.25, 0.3) is 0 Å². The predicted octanol–water partition coefficient (Wildman–Crippen LogP) is 1.51. The van der Waals surface area contributed by atoms with Crippen molar-refractivity contribution >= 4 is 5.97 Å². The molecule has 7 nitrogen and oxygen atoms in total. The van der Waals surface area contributed by atoms with E-state index in [4.69, 9.17) is 14.2 Å². The molecule has 0 aromatic carbocycles. The van der Waals surface area contributed by atoms with Crippen molar-refractivity contribution in [2.75, 3.05) is 13.7 Å². The highest BCUT2D eigenvalue weighted by molar-refractivity contribution is 5.69. The van der Waals surface area contributed by atoms with Gasteiger partial charge in [0.15, 0.2) is 6.29 Å². The summed E-state index contributed by atoms with van der Waals surface area (Å²) in [5.41, 5.74) is 0. The first-order valence-electron chi connectivity index (χ1n) is 9.39. The van der Waals surface area contributed by atoms with E-state index < -0.39 is 30.7 Å². The molecule has 0 aliphatic carbocycles. The number of aliphatic hydroxyl groups excluding tert-OH is 3. The van der Waals surface area contributed by atoms with Crippen molar-refractivity contribution in [3.63, 3.8) is 0 Å². The number of aliphatic hydroxyl groups is 3. The zero-order valence-corrected chi connectivity index (χ0v) is 15.4. The first kappa shape index (κ1) is 22.3. The van der Waals surface area contributed by atoms with Crippen LogP contribution in [0, 0.1) is 0 Å². The maximum absolute atomic E-state index is 11.8. The number of methoxy groups -OCH3 is 1. The zero-order chi connectivity index (χ0) is 18.7. The van der Waals surface area contributed by atoms with Crippen LogP contribution in [-0.2, 0) is 19.0 Å². The van der Waals surface area contributed by atoms with Gasteiger partial charge in [-0.05, 0) is 6.42 Å². The molecule has 0 spiro atoms. The second-order valence-corrected chi connectivity index (χ2v) is 6.66. The van der Waals surface area contributed by atoms with Crippen LogP contribution >= 0.6 is 0 Å². The van der Waals surface area contributed by atoms with Crippen LogP contribution in [0.5, 0.6) is 0 Å². The molecule has 5 atom stereocenters. The van der Waals surface area contributed by atoms with Gasteiger partial charge in [-0.15, -0.1) is 0 Å². The quantitative estimate of drug-likeness (QED) is 0.357. The van der Waals surface area contributed by atoms with E-state index in [1.54, 1.807) is 0 Å². The van der Waals surface area contributed by atoms with E-state index >= 15 is 0 Å². The van der Waals surface area contributed by atoms with Crippen LogP contribution < -0.4 is 0 Å². The van der Waals surface area contributed by atoms with Gasteiger partial charge in [0, 0.05) is 13.5 Å². The molecule has 1 fully saturated rings. The maximum Gasteiger partial charge on any atom is 0.305 e. The van der Waals surface area contributed by atoms with Crippen LogP contribution in [0.2, 0.25) is 0 Å². The van der Waals surface area contributed by atoms with Crippen LogP contribution in [-0.4, -0.2) is 65.7 Å².